The van der Waals surface area contributed by atoms with E-state index in [2.05, 4.69) is 16.6 Å². The summed E-state index contributed by atoms with van der Waals surface area (Å²) in [5.74, 6) is -0.533. The van der Waals surface area contributed by atoms with Crippen molar-refractivity contribution in [1.82, 2.24) is 4.90 Å². The van der Waals surface area contributed by atoms with E-state index in [-0.39, 0.29) is 11.8 Å². The first kappa shape index (κ1) is 7.07. The molecule has 4 atom stereocenters. The normalized spacial score (nSPS) is 51.8. The van der Waals surface area contributed by atoms with E-state index in [1.165, 1.54) is 0 Å². The van der Waals surface area contributed by atoms with E-state index in [4.69, 9.17) is 17.3 Å². The van der Waals surface area contributed by atoms with Crippen LogP contribution >= 0.6 is 0 Å². The van der Waals surface area contributed by atoms with Crippen LogP contribution in [-0.4, -0.2) is 63.5 Å². The van der Waals surface area contributed by atoms with Crippen molar-refractivity contribution >= 4 is 12.3 Å². The van der Waals surface area contributed by atoms with Gasteiger partial charge >= 0.3 is 0 Å². The molecule has 0 radical (unpaired) electrons. The molecule has 1 fully saturated rings. The average Bonchev–Trinajstić information content (AvgIpc) is 2.49. The lowest BCUT2D eigenvalue weighted by Gasteiger charge is -2.29. The number of nitrogens with two attached hydrogens (primary N) is 1. The molecule has 17 heavy (non-hydrogen) atoms. The van der Waals surface area contributed by atoms with Gasteiger partial charge in [-0.25, -0.2) is 4.99 Å². The molecule has 1 saturated heterocycles. The van der Waals surface area contributed by atoms with Gasteiger partial charge in [0.1, 0.15) is 31.8 Å². The molecule has 2 rings (SSSR count). The Balaban J connectivity index is 2.44. The second-order valence-electron chi connectivity index (χ2n) is 3.25. The predicted molar refractivity (Wildman–Crippen MR) is 58.9 cm³/mol. The summed E-state index contributed by atoms with van der Waals surface area (Å²) >= 11 is 0. The molecule has 0 bridgehead atoms. The molecule has 0 saturated carbocycles. The number of aliphatic imine (C=N–C) groups is 2. The highest BCUT2D eigenvalue weighted by molar-refractivity contribution is 5.89. The molecule has 2 aliphatic rings. The number of aliphatic hydroxyl groups is 3. The molecule has 5 N–H and O–H groups in total. The number of amidine groups is 1. The van der Waals surface area contributed by atoms with Crippen LogP contribution in [0, 0.1) is 0 Å². The summed E-state index contributed by atoms with van der Waals surface area (Å²) in [7, 11) is 0. The van der Waals surface area contributed by atoms with Crippen LogP contribution in [0.4, 0.5) is 0 Å². The van der Waals surface area contributed by atoms with Crippen LogP contribution in [0.1, 0.15) is 6.85 Å². The zero-order valence-corrected chi connectivity index (χ0v) is 8.53. The van der Waals surface area contributed by atoms with Gasteiger partial charge in [0.25, 0.3) is 0 Å². The third-order valence-corrected chi connectivity index (χ3v) is 2.17. The van der Waals surface area contributed by atoms with Crippen LogP contribution in [0.3, 0.4) is 0 Å². The van der Waals surface area contributed by atoms with E-state index in [9.17, 15) is 15.3 Å². The standard InChI is InChI=1S/C9H14N4O4/c1-4-12-9(10)11-3-13(4)8-7(16)6(15)5(2-14)17-8/h3,5-8,14-16H,1-2H2,(H2,10,12)/t5-,6?,7+,8-/m1/s1/i2D2,3D,5D,6D. The lowest BCUT2D eigenvalue weighted by atomic mass is 10.1. The summed E-state index contributed by atoms with van der Waals surface area (Å²) in [5, 5.41) is 29.3. The summed E-state index contributed by atoms with van der Waals surface area (Å²) in [6.07, 6.45) is -11.1. The molecule has 94 valence electrons. The van der Waals surface area contributed by atoms with Gasteiger partial charge in [0.15, 0.2) is 6.23 Å². The Morgan fingerprint density at radius 1 is 1.76 bits per heavy atom. The monoisotopic (exact) mass is 247 g/mol. The van der Waals surface area contributed by atoms with E-state index in [0.717, 1.165) is 0 Å². The second kappa shape index (κ2) is 4.41. The molecule has 2 heterocycles. The van der Waals surface area contributed by atoms with E-state index in [1.54, 1.807) is 0 Å². The van der Waals surface area contributed by atoms with Crippen LogP contribution in [0.15, 0.2) is 22.4 Å². The Bertz CT molecular complexity index is 577. The first-order valence-electron chi connectivity index (χ1n) is 7.01. The number of nitrogens with zero attached hydrogens (tertiary/aromatic N) is 3. The van der Waals surface area contributed by atoms with Gasteiger partial charge in [-0.15, -0.1) is 0 Å². The summed E-state index contributed by atoms with van der Waals surface area (Å²) in [6.45, 7) is -0.0488. The van der Waals surface area contributed by atoms with Crippen molar-refractivity contribution in [2.45, 2.75) is 24.5 Å². The molecule has 0 aromatic carbocycles. The summed E-state index contributed by atoms with van der Waals surface area (Å²) in [5.41, 5.74) is 5.32. The molecule has 8 heteroatoms. The summed E-state index contributed by atoms with van der Waals surface area (Å²) in [6, 6.07) is 0. The van der Waals surface area contributed by atoms with Crippen LogP contribution in [0.2, 0.25) is 0 Å². The third-order valence-electron chi connectivity index (χ3n) is 2.17. The van der Waals surface area contributed by atoms with Gasteiger partial charge in [0.2, 0.25) is 5.96 Å². The average molecular weight is 247 g/mol. The van der Waals surface area contributed by atoms with Crippen molar-refractivity contribution in [3.63, 3.8) is 0 Å². The van der Waals surface area contributed by atoms with Crippen molar-refractivity contribution < 1.29 is 26.9 Å². The van der Waals surface area contributed by atoms with E-state index in [0.29, 0.717) is 4.90 Å². The second-order valence-corrected chi connectivity index (χ2v) is 3.25. The lowest BCUT2D eigenvalue weighted by Crippen LogP contribution is -2.44. The van der Waals surface area contributed by atoms with Gasteiger partial charge in [-0.05, 0) is 0 Å². The minimum Gasteiger partial charge on any atom is -0.394 e. The Morgan fingerprint density at radius 2 is 2.47 bits per heavy atom. The zero-order chi connectivity index (χ0) is 17.1. The quantitative estimate of drug-likeness (QED) is 0.429. The highest BCUT2D eigenvalue weighted by Crippen LogP contribution is 2.26. The number of hydrogen-bond donors (Lipinski definition) is 4. The lowest BCUT2D eigenvalue weighted by molar-refractivity contribution is -0.0607. The third kappa shape index (κ3) is 2.03. The predicted octanol–water partition coefficient (Wildman–Crippen LogP) is -2.44. The first-order chi connectivity index (χ1) is 9.83. The van der Waals surface area contributed by atoms with E-state index >= 15 is 0 Å². The number of aliphatic hydroxyl groups excluding tert-OH is 1. The van der Waals surface area contributed by atoms with Crippen LogP contribution < -0.4 is 5.73 Å². The summed E-state index contributed by atoms with van der Waals surface area (Å²) in [4.78, 5) is 7.81. The van der Waals surface area contributed by atoms with E-state index in [1.807, 2.05) is 0 Å². The Hall–Kier alpha value is -1.48. The van der Waals surface area contributed by atoms with Crippen molar-refractivity contribution in [2.75, 3.05) is 6.56 Å². The Morgan fingerprint density at radius 3 is 3.00 bits per heavy atom. The van der Waals surface area contributed by atoms with Gasteiger partial charge in [-0.2, -0.15) is 4.99 Å². The molecule has 2 aliphatic heterocycles. The molecular formula is C9H14N4O4. The number of guanidine groups is 1. The van der Waals surface area contributed by atoms with Crippen LogP contribution in [-0.2, 0) is 4.74 Å². The maximum Gasteiger partial charge on any atom is 0.223 e. The topological polar surface area (TPSA) is 124 Å². The van der Waals surface area contributed by atoms with Gasteiger partial charge in [0.05, 0.1) is 12.0 Å². The van der Waals surface area contributed by atoms with Crippen molar-refractivity contribution in [2.24, 2.45) is 15.7 Å². The first-order valence-corrected chi connectivity index (χ1v) is 4.51. The van der Waals surface area contributed by atoms with Crippen molar-refractivity contribution in [3.05, 3.63) is 12.4 Å². The number of rotatable bonds is 2. The van der Waals surface area contributed by atoms with Crippen LogP contribution in [0.5, 0.6) is 0 Å². The van der Waals surface area contributed by atoms with Crippen molar-refractivity contribution in [3.8, 4) is 0 Å². The maximum atomic E-state index is 10.0. The molecule has 0 spiro atoms. The fourth-order valence-electron chi connectivity index (χ4n) is 1.37. The number of ether oxygens (including phenoxy) is 1. The zero-order valence-electron chi connectivity index (χ0n) is 13.5. The van der Waals surface area contributed by atoms with Gasteiger partial charge < -0.3 is 25.8 Å². The molecule has 0 aromatic rings. The minimum atomic E-state index is -3.49. The maximum absolute atomic E-state index is 10.0. The molecule has 8 nitrogen and oxygen atoms in total. The molecular weight excluding hydrogens is 228 g/mol. The van der Waals surface area contributed by atoms with Gasteiger partial charge in [0, 0.05) is 0 Å². The van der Waals surface area contributed by atoms with Gasteiger partial charge in [-0.3, -0.25) is 4.90 Å². The highest BCUT2D eigenvalue weighted by atomic mass is 16.6. The largest absolute Gasteiger partial charge is 0.394 e. The van der Waals surface area contributed by atoms with Crippen LogP contribution in [0.25, 0.3) is 0 Å². The fraction of sp³-hybridized carbons (Fsp3) is 0.556. The summed E-state index contributed by atoms with van der Waals surface area (Å²) < 4.78 is 42.2. The molecule has 1 unspecified atom stereocenters. The number of hydrogen-bond acceptors (Lipinski definition) is 8. The molecule has 0 amide bonds. The Labute approximate surface area is 104 Å². The SMILES string of the molecule is [2H]C1=NC(N)=NC(=C)N1[C@@H]1O[C@]([2H])(C([2H])([2H])O)C([2H])(O)[C@@H]1O. The van der Waals surface area contributed by atoms with Crippen molar-refractivity contribution in [1.29, 1.82) is 0 Å². The highest BCUT2D eigenvalue weighted by Gasteiger charge is 2.45. The Kier molecular flexibility index (Phi) is 1.83. The minimum absolute atomic E-state index is 0.236. The smallest absolute Gasteiger partial charge is 0.223 e. The molecule has 0 aliphatic carbocycles. The molecule has 0 aromatic heterocycles. The van der Waals surface area contributed by atoms with E-state index < -0.39 is 37.4 Å². The fourth-order valence-corrected chi connectivity index (χ4v) is 1.37. The van der Waals surface area contributed by atoms with Gasteiger partial charge in [-0.1, -0.05) is 6.58 Å².